The van der Waals surface area contributed by atoms with Gasteiger partial charge in [0.1, 0.15) is 0 Å². The molecule has 1 aliphatic rings. The minimum Gasteiger partial charge on any atom is -0.396 e. The first-order chi connectivity index (χ1) is 6.70. The summed E-state index contributed by atoms with van der Waals surface area (Å²) in [6.45, 7) is 3.02. The third-order valence-corrected chi connectivity index (χ3v) is 3.22. The summed E-state index contributed by atoms with van der Waals surface area (Å²) < 4.78 is 0. The first kappa shape index (κ1) is 12.0. The fourth-order valence-electron chi connectivity index (χ4n) is 2.15. The first-order valence-corrected chi connectivity index (χ1v) is 5.77. The highest BCUT2D eigenvalue weighted by molar-refractivity contribution is 4.87. The Labute approximate surface area is 86.5 Å². The monoisotopic (exact) mass is 201 g/mol. The van der Waals surface area contributed by atoms with E-state index in [1.54, 1.807) is 0 Å². The molecule has 1 saturated carbocycles. The average Bonchev–Trinajstić information content (AvgIpc) is 2.60. The van der Waals surface area contributed by atoms with Crippen molar-refractivity contribution in [2.45, 2.75) is 57.1 Å². The lowest BCUT2D eigenvalue weighted by Crippen LogP contribution is -2.42. The van der Waals surface area contributed by atoms with Crippen LogP contribution in [0.5, 0.6) is 0 Å². The largest absolute Gasteiger partial charge is 0.396 e. The summed E-state index contributed by atoms with van der Waals surface area (Å²) >= 11 is 0. The fourth-order valence-corrected chi connectivity index (χ4v) is 2.15. The third-order valence-electron chi connectivity index (χ3n) is 3.22. The summed E-state index contributed by atoms with van der Waals surface area (Å²) in [6.07, 6.45) is 5.94. The predicted molar refractivity (Wildman–Crippen MR) is 57.2 cm³/mol. The van der Waals surface area contributed by atoms with Crippen molar-refractivity contribution in [2.24, 2.45) is 0 Å². The van der Waals surface area contributed by atoms with Crippen molar-refractivity contribution < 1.29 is 10.2 Å². The van der Waals surface area contributed by atoms with Crippen LogP contribution in [-0.2, 0) is 0 Å². The zero-order valence-corrected chi connectivity index (χ0v) is 9.13. The highest BCUT2D eigenvalue weighted by Gasteiger charge is 2.30. The van der Waals surface area contributed by atoms with Gasteiger partial charge in [0.25, 0.3) is 0 Å². The molecule has 0 aromatic rings. The van der Waals surface area contributed by atoms with E-state index in [1.165, 1.54) is 0 Å². The average molecular weight is 201 g/mol. The van der Waals surface area contributed by atoms with E-state index in [-0.39, 0.29) is 6.61 Å². The third kappa shape index (κ3) is 3.56. The zero-order valence-electron chi connectivity index (χ0n) is 9.13. The van der Waals surface area contributed by atoms with Gasteiger partial charge >= 0.3 is 0 Å². The molecule has 0 amide bonds. The van der Waals surface area contributed by atoms with Gasteiger partial charge in [-0.1, -0.05) is 19.8 Å². The number of hydrogen-bond donors (Lipinski definition) is 3. The van der Waals surface area contributed by atoms with Crippen molar-refractivity contribution in [1.82, 2.24) is 5.32 Å². The Morgan fingerprint density at radius 2 is 2.00 bits per heavy atom. The van der Waals surface area contributed by atoms with Gasteiger partial charge in [-0.2, -0.15) is 0 Å². The van der Waals surface area contributed by atoms with Gasteiger partial charge in [0.15, 0.2) is 0 Å². The normalized spacial score (nSPS) is 22.5. The quantitative estimate of drug-likeness (QED) is 0.602. The molecule has 3 nitrogen and oxygen atoms in total. The summed E-state index contributed by atoms with van der Waals surface area (Å²) in [7, 11) is 0. The van der Waals surface area contributed by atoms with Gasteiger partial charge in [0.05, 0.1) is 5.60 Å². The second kappa shape index (κ2) is 5.69. The van der Waals surface area contributed by atoms with E-state index < -0.39 is 5.60 Å². The van der Waals surface area contributed by atoms with E-state index >= 15 is 0 Å². The van der Waals surface area contributed by atoms with Gasteiger partial charge in [0.2, 0.25) is 0 Å². The Morgan fingerprint density at radius 3 is 2.50 bits per heavy atom. The molecule has 3 N–H and O–H groups in total. The molecule has 1 rings (SSSR count). The van der Waals surface area contributed by atoms with Crippen molar-refractivity contribution in [2.75, 3.05) is 13.2 Å². The van der Waals surface area contributed by atoms with Crippen LogP contribution < -0.4 is 5.32 Å². The van der Waals surface area contributed by atoms with Crippen molar-refractivity contribution in [1.29, 1.82) is 0 Å². The number of aliphatic hydroxyl groups is 2. The smallest absolute Gasteiger partial charge is 0.0771 e. The number of rotatable bonds is 6. The molecule has 1 unspecified atom stereocenters. The molecule has 84 valence electrons. The maximum Gasteiger partial charge on any atom is 0.0771 e. The SMILES string of the molecule is CCC(CCO)NCC1(O)CCCC1. The Morgan fingerprint density at radius 1 is 1.36 bits per heavy atom. The Bertz CT molecular complexity index is 155. The van der Waals surface area contributed by atoms with Crippen LogP contribution in [0.1, 0.15) is 45.4 Å². The minimum atomic E-state index is -0.469. The molecule has 0 aromatic carbocycles. The summed E-state index contributed by atoms with van der Waals surface area (Å²) in [6, 6.07) is 0.352. The van der Waals surface area contributed by atoms with E-state index in [0.717, 1.165) is 38.5 Å². The maximum atomic E-state index is 10.1. The highest BCUT2D eigenvalue weighted by Crippen LogP contribution is 2.28. The lowest BCUT2D eigenvalue weighted by atomic mass is 10.0. The zero-order chi connectivity index (χ0) is 10.4. The van der Waals surface area contributed by atoms with Gasteiger partial charge < -0.3 is 15.5 Å². The Balaban J connectivity index is 2.23. The van der Waals surface area contributed by atoms with Crippen molar-refractivity contribution >= 4 is 0 Å². The number of aliphatic hydroxyl groups excluding tert-OH is 1. The molecule has 1 fully saturated rings. The minimum absolute atomic E-state index is 0.226. The molecule has 0 aromatic heterocycles. The van der Waals surface area contributed by atoms with E-state index in [2.05, 4.69) is 12.2 Å². The van der Waals surface area contributed by atoms with Gasteiger partial charge in [-0.15, -0.1) is 0 Å². The predicted octanol–water partition coefficient (Wildman–Crippen LogP) is 1.04. The standard InChI is InChI=1S/C11H23NO2/c1-2-10(5-8-13)12-9-11(14)6-3-4-7-11/h10,12-14H,2-9H2,1H3. The van der Waals surface area contributed by atoms with Gasteiger partial charge in [0, 0.05) is 19.2 Å². The summed E-state index contributed by atoms with van der Waals surface area (Å²) in [4.78, 5) is 0. The lowest BCUT2D eigenvalue weighted by Gasteiger charge is -2.26. The van der Waals surface area contributed by atoms with Crippen molar-refractivity contribution in [3.8, 4) is 0 Å². The van der Waals surface area contributed by atoms with Crippen LogP contribution >= 0.6 is 0 Å². The van der Waals surface area contributed by atoms with Gasteiger partial charge in [-0.05, 0) is 25.7 Å². The van der Waals surface area contributed by atoms with Gasteiger partial charge in [-0.3, -0.25) is 0 Å². The van der Waals surface area contributed by atoms with Gasteiger partial charge in [-0.25, -0.2) is 0 Å². The summed E-state index contributed by atoms with van der Waals surface area (Å²) in [5.41, 5.74) is -0.469. The highest BCUT2D eigenvalue weighted by atomic mass is 16.3. The van der Waals surface area contributed by atoms with E-state index in [0.29, 0.717) is 12.6 Å². The molecule has 0 spiro atoms. The van der Waals surface area contributed by atoms with Crippen LogP contribution in [-0.4, -0.2) is 35.0 Å². The molecule has 0 saturated heterocycles. The molecule has 0 heterocycles. The molecule has 1 aliphatic carbocycles. The topological polar surface area (TPSA) is 52.5 Å². The van der Waals surface area contributed by atoms with Crippen molar-refractivity contribution in [3.05, 3.63) is 0 Å². The van der Waals surface area contributed by atoms with E-state index in [1.807, 2.05) is 0 Å². The summed E-state index contributed by atoms with van der Waals surface area (Å²) in [5.74, 6) is 0. The summed E-state index contributed by atoms with van der Waals surface area (Å²) in [5, 5.41) is 22.2. The molecular weight excluding hydrogens is 178 g/mol. The molecule has 0 bridgehead atoms. The van der Waals surface area contributed by atoms with Crippen LogP contribution in [0.15, 0.2) is 0 Å². The van der Waals surface area contributed by atoms with Crippen LogP contribution in [0, 0.1) is 0 Å². The lowest BCUT2D eigenvalue weighted by molar-refractivity contribution is 0.0437. The number of hydrogen-bond acceptors (Lipinski definition) is 3. The molecule has 14 heavy (non-hydrogen) atoms. The second-order valence-corrected chi connectivity index (χ2v) is 4.43. The van der Waals surface area contributed by atoms with Crippen LogP contribution in [0.4, 0.5) is 0 Å². The Kier molecular flexibility index (Phi) is 4.85. The molecule has 1 atom stereocenters. The fraction of sp³-hybridized carbons (Fsp3) is 1.00. The molecular formula is C11H23NO2. The second-order valence-electron chi connectivity index (χ2n) is 4.43. The van der Waals surface area contributed by atoms with Crippen LogP contribution in [0.3, 0.4) is 0 Å². The van der Waals surface area contributed by atoms with Crippen LogP contribution in [0.25, 0.3) is 0 Å². The first-order valence-electron chi connectivity index (χ1n) is 5.77. The van der Waals surface area contributed by atoms with E-state index in [9.17, 15) is 5.11 Å². The Hall–Kier alpha value is -0.120. The maximum absolute atomic E-state index is 10.1. The molecule has 0 aliphatic heterocycles. The van der Waals surface area contributed by atoms with E-state index in [4.69, 9.17) is 5.11 Å². The van der Waals surface area contributed by atoms with Crippen molar-refractivity contribution in [3.63, 3.8) is 0 Å². The molecule has 0 radical (unpaired) electrons. The number of nitrogens with one attached hydrogen (secondary N) is 1. The molecule has 3 heteroatoms. The van der Waals surface area contributed by atoms with Crippen LogP contribution in [0.2, 0.25) is 0 Å².